The molecule has 1 N–H and O–H groups in total. The lowest BCUT2D eigenvalue weighted by Crippen LogP contribution is -2.40. The van der Waals surface area contributed by atoms with Crippen molar-refractivity contribution in [3.63, 3.8) is 0 Å². The first-order valence-electron chi connectivity index (χ1n) is 11.5. The maximum absolute atomic E-state index is 13.1. The highest BCUT2D eigenvalue weighted by atomic mass is 32.2. The van der Waals surface area contributed by atoms with E-state index in [1.807, 2.05) is 26.0 Å². The molecule has 9 heteroatoms. The Labute approximate surface area is 195 Å². The van der Waals surface area contributed by atoms with Crippen LogP contribution in [0.1, 0.15) is 33.1 Å². The van der Waals surface area contributed by atoms with Gasteiger partial charge in [-0.15, -0.1) is 0 Å². The number of rotatable bonds is 7. The van der Waals surface area contributed by atoms with Gasteiger partial charge in [0.2, 0.25) is 16.1 Å². The van der Waals surface area contributed by atoms with Crippen LogP contribution in [0.2, 0.25) is 0 Å². The summed E-state index contributed by atoms with van der Waals surface area (Å²) >= 11 is 0. The summed E-state index contributed by atoms with van der Waals surface area (Å²) in [5, 5.41) is 2.93. The van der Waals surface area contributed by atoms with E-state index >= 15 is 0 Å². The van der Waals surface area contributed by atoms with Crippen molar-refractivity contribution >= 4 is 27.3 Å². The number of benzene rings is 2. The average Bonchev–Trinajstić information content (AvgIpc) is 2.84. The molecule has 2 aromatic carbocycles. The van der Waals surface area contributed by atoms with E-state index in [-0.39, 0.29) is 17.4 Å². The predicted octanol–water partition coefficient (Wildman–Crippen LogP) is 3.49. The van der Waals surface area contributed by atoms with E-state index in [0.29, 0.717) is 30.3 Å². The number of sulfonamides is 1. The summed E-state index contributed by atoms with van der Waals surface area (Å²) in [5.74, 6) is 0.737. The number of amides is 1. The number of piperidine rings is 1. The smallest absolute Gasteiger partial charge is 0.269 e. The van der Waals surface area contributed by atoms with Crippen molar-refractivity contribution in [2.24, 2.45) is 0 Å². The highest BCUT2D eigenvalue weighted by Gasteiger charge is 2.30. The number of nitrogens with zero attached hydrogens (tertiary/aromatic N) is 2. The minimum absolute atomic E-state index is 0.0827. The van der Waals surface area contributed by atoms with Crippen molar-refractivity contribution < 1.29 is 22.7 Å². The molecule has 1 atom stereocenters. The Morgan fingerprint density at radius 1 is 1.06 bits per heavy atom. The lowest BCUT2D eigenvalue weighted by molar-refractivity contribution is -0.125. The van der Waals surface area contributed by atoms with Gasteiger partial charge in [-0.1, -0.05) is 26.0 Å². The van der Waals surface area contributed by atoms with Gasteiger partial charge >= 0.3 is 0 Å². The minimum Gasteiger partial charge on any atom is -0.485 e. The third kappa shape index (κ3) is 4.94. The van der Waals surface area contributed by atoms with E-state index in [0.717, 1.165) is 31.6 Å². The maximum atomic E-state index is 13.1. The fourth-order valence-electron chi connectivity index (χ4n) is 4.26. The van der Waals surface area contributed by atoms with Gasteiger partial charge in [-0.3, -0.25) is 4.79 Å². The summed E-state index contributed by atoms with van der Waals surface area (Å²) in [5.41, 5.74) is 1.29. The predicted molar refractivity (Wildman–Crippen MR) is 128 cm³/mol. The SMILES string of the molecule is CCN(CC)S(=O)(=O)c1ccc(N2CCCCC2)c(NC(=O)[C@@H]2COc3ccccc3O2)c1. The van der Waals surface area contributed by atoms with Crippen molar-refractivity contribution in [1.82, 2.24) is 4.31 Å². The molecule has 2 aliphatic heterocycles. The molecule has 0 radical (unpaired) electrons. The second kappa shape index (κ2) is 10.0. The number of carbonyl (C=O) groups excluding carboxylic acids is 1. The normalized spacial score (nSPS) is 18.3. The van der Waals surface area contributed by atoms with Gasteiger partial charge in [0.05, 0.1) is 16.3 Å². The van der Waals surface area contributed by atoms with Gasteiger partial charge in [-0.05, 0) is 49.6 Å². The van der Waals surface area contributed by atoms with Crippen LogP contribution >= 0.6 is 0 Å². The van der Waals surface area contributed by atoms with Gasteiger partial charge in [0.25, 0.3) is 5.91 Å². The fourth-order valence-corrected chi connectivity index (χ4v) is 5.75. The molecule has 0 unspecified atom stereocenters. The standard InChI is InChI=1S/C24H31N3O5S/c1-3-27(4-2)33(29,30)18-12-13-20(26-14-8-5-9-15-26)19(16-18)25-24(28)23-17-31-21-10-6-7-11-22(21)32-23/h6-7,10-13,16,23H,3-5,8-9,14-15,17H2,1-2H3,(H,25,28)/t23-/m0/s1. The molecule has 0 saturated carbocycles. The summed E-state index contributed by atoms with van der Waals surface area (Å²) in [4.78, 5) is 15.5. The highest BCUT2D eigenvalue weighted by Crippen LogP contribution is 2.34. The topological polar surface area (TPSA) is 88.2 Å². The van der Waals surface area contributed by atoms with E-state index in [1.54, 1.807) is 30.3 Å². The highest BCUT2D eigenvalue weighted by molar-refractivity contribution is 7.89. The van der Waals surface area contributed by atoms with Crippen LogP contribution in [0.25, 0.3) is 0 Å². The van der Waals surface area contributed by atoms with Gasteiger partial charge in [0.15, 0.2) is 11.5 Å². The molecule has 0 spiro atoms. The number of fused-ring (bicyclic) bond motifs is 1. The van der Waals surface area contributed by atoms with Crippen molar-refractivity contribution in [3.05, 3.63) is 42.5 Å². The molecule has 0 aliphatic carbocycles. The van der Waals surface area contributed by atoms with Gasteiger partial charge in [0, 0.05) is 26.2 Å². The molecule has 178 valence electrons. The van der Waals surface area contributed by atoms with E-state index in [1.165, 1.54) is 10.7 Å². The molecular formula is C24H31N3O5S. The van der Waals surface area contributed by atoms with Crippen molar-refractivity contribution in [3.8, 4) is 11.5 Å². The second-order valence-electron chi connectivity index (χ2n) is 8.17. The number of carbonyl (C=O) groups is 1. The Morgan fingerprint density at radius 3 is 2.45 bits per heavy atom. The number of nitrogens with one attached hydrogen (secondary N) is 1. The summed E-state index contributed by atoms with van der Waals surface area (Å²) in [7, 11) is -3.66. The van der Waals surface area contributed by atoms with Crippen LogP contribution < -0.4 is 19.7 Å². The maximum Gasteiger partial charge on any atom is 0.269 e. The van der Waals surface area contributed by atoms with Crippen LogP contribution in [0, 0.1) is 0 Å². The largest absolute Gasteiger partial charge is 0.485 e. The zero-order valence-corrected chi connectivity index (χ0v) is 19.9. The average molecular weight is 474 g/mol. The summed E-state index contributed by atoms with van der Waals surface area (Å²) in [6.07, 6.45) is 2.45. The third-order valence-corrected chi connectivity index (χ3v) is 8.11. The van der Waals surface area contributed by atoms with Crippen LogP contribution in [0.4, 0.5) is 11.4 Å². The first-order valence-corrected chi connectivity index (χ1v) is 13.0. The first kappa shape index (κ1) is 23.4. The molecule has 8 nitrogen and oxygen atoms in total. The van der Waals surface area contributed by atoms with Crippen molar-refractivity contribution in [2.75, 3.05) is 43.0 Å². The van der Waals surface area contributed by atoms with Gasteiger partial charge < -0.3 is 19.7 Å². The molecule has 0 bridgehead atoms. The van der Waals surface area contributed by atoms with E-state index in [4.69, 9.17) is 9.47 Å². The van der Waals surface area contributed by atoms with E-state index < -0.39 is 16.1 Å². The van der Waals surface area contributed by atoms with E-state index in [2.05, 4.69) is 10.2 Å². The van der Waals surface area contributed by atoms with Crippen LogP contribution in [0.15, 0.2) is 47.4 Å². The lowest BCUT2D eigenvalue weighted by atomic mass is 10.1. The molecule has 1 saturated heterocycles. The number of ether oxygens (including phenoxy) is 2. The Morgan fingerprint density at radius 2 is 1.76 bits per heavy atom. The summed E-state index contributed by atoms with van der Waals surface area (Å²) in [6, 6.07) is 12.2. The Balaban J connectivity index is 1.63. The van der Waals surface area contributed by atoms with Gasteiger partial charge in [-0.2, -0.15) is 4.31 Å². The Kier molecular flexibility index (Phi) is 7.09. The van der Waals surface area contributed by atoms with Crippen LogP contribution in [-0.2, 0) is 14.8 Å². The molecular weight excluding hydrogens is 442 g/mol. The Hall–Kier alpha value is -2.78. The molecule has 2 aliphatic rings. The zero-order chi connectivity index (χ0) is 23.4. The molecule has 0 aromatic heterocycles. The fraction of sp³-hybridized carbons (Fsp3) is 0.458. The molecule has 1 fully saturated rings. The van der Waals surface area contributed by atoms with Gasteiger partial charge in [0.1, 0.15) is 6.61 Å². The Bertz CT molecular complexity index is 1100. The van der Waals surface area contributed by atoms with Crippen LogP contribution in [0.5, 0.6) is 11.5 Å². The molecule has 33 heavy (non-hydrogen) atoms. The number of para-hydroxylation sites is 2. The third-order valence-electron chi connectivity index (χ3n) is 6.07. The monoisotopic (exact) mass is 473 g/mol. The second-order valence-corrected chi connectivity index (χ2v) is 10.1. The zero-order valence-electron chi connectivity index (χ0n) is 19.1. The molecule has 2 aromatic rings. The quantitative estimate of drug-likeness (QED) is 0.662. The van der Waals surface area contributed by atoms with E-state index in [9.17, 15) is 13.2 Å². The van der Waals surface area contributed by atoms with Gasteiger partial charge in [-0.25, -0.2) is 8.42 Å². The van der Waals surface area contributed by atoms with Crippen molar-refractivity contribution in [2.45, 2.75) is 44.1 Å². The number of hydrogen-bond acceptors (Lipinski definition) is 6. The lowest BCUT2D eigenvalue weighted by Gasteiger charge is -2.32. The minimum atomic E-state index is -3.66. The number of hydrogen-bond donors (Lipinski definition) is 1. The number of anilines is 2. The first-order chi connectivity index (χ1) is 15.9. The molecule has 1 amide bonds. The summed E-state index contributed by atoms with van der Waals surface area (Å²) < 4.78 is 39.2. The molecule has 2 heterocycles. The molecule has 4 rings (SSSR count). The van der Waals surface area contributed by atoms with Crippen LogP contribution in [0.3, 0.4) is 0 Å². The van der Waals surface area contributed by atoms with Crippen LogP contribution in [-0.4, -0.2) is 57.5 Å². The summed E-state index contributed by atoms with van der Waals surface area (Å²) in [6.45, 7) is 6.18. The van der Waals surface area contributed by atoms with Crippen molar-refractivity contribution in [1.29, 1.82) is 0 Å².